The highest BCUT2D eigenvalue weighted by molar-refractivity contribution is 5.93. The first-order valence-corrected chi connectivity index (χ1v) is 5.32. The van der Waals surface area contributed by atoms with Gasteiger partial charge in [-0.15, -0.1) is 0 Å². The van der Waals surface area contributed by atoms with Crippen LogP contribution in [-0.2, 0) is 9.53 Å². The number of amides is 1. The number of anilines is 1. The van der Waals surface area contributed by atoms with Gasteiger partial charge in [0, 0.05) is 5.69 Å². The number of esters is 1. The highest BCUT2D eigenvalue weighted by Gasteiger charge is 2.19. The molecule has 0 aliphatic carbocycles. The standard InChI is InChI=1S/C12H16N2O3/c1-3-10(11(14)15)17-12(16)8-5-4-7(2)9(13)6-8/h4-6,10H,3,13H2,1-2H3,(H2,14,15). The summed E-state index contributed by atoms with van der Waals surface area (Å²) in [5, 5.41) is 0. The van der Waals surface area contributed by atoms with E-state index >= 15 is 0 Å². The van der Waals surface area contributed by atoms with Gasteiger partial charge in [-0.25, -0.2) is 4.79 Å². The molecule has 5 heteroatoms. The molecule has 17 heavy (non-hydrogen) atoms. The number of hydrogen-bond donors (Lipinski definition) is 2. The average Bonchev–Trinajstić information content (AvgIpc) is 2.28. The fourth-order valence-corrected chi connectivity index (χ4v) is 1.31. The molecule has 1 unspecified atom stereocenters. The number of rotatable bonds is 4. The minimum absolute atomic E-state index is 0.313. The largest absolute Gasteiger partial charge is 0.449 e. The average molecular weight is 236 g/mol. The van der Waals surface area contributed by atoms with E-state index in [0.29, 0.717) is 17.7 Å². The molecule has 1 aromatic rings. The van der Waals surface area contributed by atoms with Crippen molar-refractivity contribution in [2.75, 3.05) is 5.73 Å². The molecule has 0 heterocycles. The van der Waals surface area contributed by atoms with E-state index in [4.69, 9.17) is 16.2 Å². The summed E-state index contributed by atoms with van der Waals surface area (Å²) >= 11 is 0. The molecule has 92 valence electrons. The Labute approximate surface area is 99.7 Å². The fourth-order valence-electron chi connectivity index (χ4n) is 1.31. The molecular formula is C12H16N2O3. The van der Waals surface area contributed by atoms with Crippen molar-refractivity contribution in [3.05, 3.63) is 29.3 Å². The number of aryl methyl sites for hydroxylation is 1. The van der Waals surface area contributed by atoms with Gasteiger partial charge in [0.15, 0.2) is 6.10 Å². The Bertz CT molecular complexity index is 443. The maximum Gasteiger partial charge on any atom is 0.338 e. The Morgan fingerprint density at radius 3 is 2.53 bits per heavy atom. The molecule has 0 bridgehead atoms. The summed E-state index contributed by atoms with van der Waals surface area (Å²) < 4.78 is 4.97. The second kappa shape index (κ2) is 5.34. The highest BCUT2D eigenvalue weighted by atomic mass is 16.5. The molecule has 0 radical (unpaired) electrons. The normalized spacial score (nSPS) is 11.9. The molecule has 1 rings (SSSR count). The third-order valence-corrected chi connectivity index (χ3v) is 2.45. The van der Waals surface area contributed by atoms with Crippen LogP contribution in [-0.4, -0.2) is 18.0 Å². The van der Waals surface area contributed by atoms with Gasteiger partial charge in [-0.05, 0) is 31.0 Å². The zero-order chi connectivity index (χ0) is 13.0. The number of ether oxygens (including phenoxy) is 1. The molecular weight excluding hydrogens is 220 g/mol. The molecule has 0 saturated heterocycles. The highest BCUT2D eigenvalue weighted by Crippen LogP contribution is 2.14. The third kappa shape index (κ3) is 3.21. The van der Waals surface area contributed by atoms with Crippen molar-refractivity contribution < 1.29 is 14.3 Å². The first-order chi connectivity index (χ1) is 7.95. The first kappa shape index (κ1) is 13.0. The molecule has 5 nitrogen and oxygen atoms in total. The number of nitrogen functional groups attached to an aromatic ring is 1. The van der Waals surface area contributed by atoms with Gasteiger partial charge in [-0.1, -0.05) is 13.0 Å². The van der Waals surface area contributed by atoms with E-state index in [1.54, 1.807) is 19.1 Å². The van der Waals surface area contributed by atoms with Gasteiger partial charge in [-0.3, -0.25) is 4.79 Å². The zero-order valence-corrected chi connectivity index (χ0v) is 9.90. The number of carbonyl (C=O) groups is 2. The number of benzene rings is 1. The molecule has 1 atom stereocenters. The number of primary amides is 1. The van der Waals surface area contributed by atoms with E-state index in [1.807, 2.05) is 6.92 Å². The molecule has 1 amide bonds. The molecule has 0 fully saturated rings. The van der Waals surface area contributed by atoms with Crippen LogP contribution in [0, 0.1) is 6.92 Å². The SMILES string of the molecule is CCC(OC(=O)c1ccc(C)c(N)c1)C(N)=O. The summed E-state index contributed by atoms with van der Waals surface area (Å²) in [4.78, 5) is 22.6. The van der Waals surface area contributed by atoms with E-state index in [1.165, 1.54) is 6.07 Å². The predicted octanol–water partition coefficient (Wildman–Crippen LogP) is 0.998. The Kier molecular flexibility index (Phi) is 4.09. The maximum absolute atomic E-state index is 11.7. The summed E-state index contributed by atoms with van der Waals surface area (Å²) in [6.45, 7) is 3.55. The molecule has 0 aromatic heterocycles. The lowest BCUT2D eigenvalue weighted by Crippen LogP contribution is -2.32. The van der Waals surface area contributed by atoms with Gasteiger partial charge in [-0.2, -0.15) is 0 Å². The second-order valence-electron chi connectivity index (χ2n) is 3.78. The van der Waals surface area contributed by atoms with Gasteiger partial charge in [0.2, 0.25) is 0 Å². The van der Waals surface area contributed by atoms with Crippen molar-refractivity contribution in [2.45, 2.75) is 26.4 Å². The predicted molar refractivity (Wildman–Crippen MR) is 64.3 cm³/mol. The van der Waals surface area contributed by atoms with E-state index < -0.39 is 18.0 Å². The van der Waals surface area contributed by atoms with Gasteiger partial charge >= 0.3 is 5.97 Å². The maximum atomic E-state index is 11.7. The lowest BCUT2D eigenvalue weighted by Gasteiger charge is -2.12. The van der Waals surface area contributed by atoms with E-state index in [9.17, 15) is 9.59 Å². The van der Waals surface area contributed by atoms with Crippen molar-refractivity contribution in [3.8, 4) is 0 Å². The lowest BCUT2D eigenvalue weighted by molar-refractivity contribution is -0.126. The zero-order valence-electron chi connectivity index (χ0n) is 9.90. The van der Waals surface area contributed by atoms with Crippen LogP contribution in [0.2, 0.25) is 0 Å². The van der Waals surface area contributed by atoms with Crippen molar-refractivity contribution in [1.82, 2.24) is 0 Å². The third-order valence-electron chi connectivity index (χ3n) is 2.45. The van der Waals surface area contributed by atoms with Crippen LogP contribution in [0.1, 0.15) is 29.3 Å². The van der Waals surface area contributed by atoms with E-state index in [-0.39, 0.29) is 0 Å². The van der Waals surface area contributed by atoms with Crippen molar-refractivity contribution in [1.29, 1.82) is 0 Å². The Morgan fingerprint density at radius 2 is 2.06 bits per heavy atom. The summed E-state index contributed by atoms with van der Waals surface area (Å²) in [5.74, 6) is -1.25. The summed E-state index contributed by atoms with van der Waals surface area (Å²) in [5.41, 5.74) is 12.5. The van der Waals surface area contributed by atoms with Crippen LogP contribution in [0.15, 0.2) is 18.2 Å². The monoisotopic (exact) mass is 236 g/mol. The van der Waals surface area contributed by atoms with Gasteiger partial charge in [0.25, 0.3) is 5.91 Å². The first-order valence-electron chi connectivity index (χ1n) is 5.32. The van der Waals surface area contributed by atoms with Gasteiger partial charge in [0.1, 0.15) is 0 Å². The van der Waals surface area contributed by atoms with Gasteiger partial charge in [0.05, 0.1) is 5.56 Å². The molecule has 1 aromatic carbocycles. The molecule has 0 aliphatic rings. The van der Waals surface area contributed by atoms with E-state index in [2.05, 4.69) is 0 Å². The van der Waals surface area contributed by atoms with Crippen LogP contribution in [0.4, 0.5) is 5.69 Å². The van der Waals surface area contributed by atoms with Crippen LogP contribution in [0.25, 0.3) is 0 Å². The van der Waals surface area contributed by atoms with Gasteiger partial charge < -0.3 is 16.2 Å². The topological polar surface area (TPSA) is 95.4 Å². The fraction of sp³-hybridized carbons (Fsp3) is 0.333. The number of carbonyl (C=O) groups excluding carboxylic acids is 2. The number of nitrogens with two attached hydrogens (primary N) is 2. The smallest absolute Gasteiger partial charge is 0.338 e. The van der Waals surface area contributed by atoms with Crippen molar-refractivity contribution in [3.63, 3.8) is 0 Å². The van der Waals surface area contributed by atoms with Crippen LogP contribution in [0.3, 0.4) is 0 Å². The van der Waals surface area contributed by atoms with Crippen LogP contribution in [0.5, 0.6) is 0 Å². The quantitative estimate of drug-likeness (QED) is 0.602. The van der Waals surface area contributed by atoms with Crippen molar-refractivity contribution in [2.24, 2.45) is 5.73 Å². The van der Waals surface area contributed by atoms with Crippen LogP contribution >= 0.6 is 0 Å². The second-order valence-corrected chi connectivity index (χ2v) is 3.78. The molecule has 0 aliphatic heterocycles. The Balaban J connectivity index is 2.82. The summed E-state index contributed by atoms with van der Waals surface area (Å²) in [7, 11) is 0. The number of hydrogen-bond acceptors (Lipinski definition) is 4. The van der Waals surface area contributed by atoms with Crippen molar-refractivity contribution >= 4 is 17.6 Å². The van der Waals surface area contributed by atoms with Crippen LogP contribution < -0.4 is 11.5 Å². The summed E-state index contributed by atoms with van der Waals surface area (Å²) in [6, 6.07) is 4.84. The van der Waals surface area contributed by atoms with E-state index in [0.717, 1.165) is 5.56 Å². The minimum Gasteiger partial charge on any atom is -0.449 e. The Hall–Kier alpha value is -2.04. The lowest BCUT2D eigenvalue weighted by atomic mass is 10.1. The molecule has 0 spiro atoms. The molecule has 0 saturated carbocycles. The summed E-state index contributed by atoms with van der Waals surface area (Å²) in [6.07, 6.45) is -0.549. The minimum atomic E-state index is -0.898. The Morgan fingerprint density at radius 1 is 1.41 bits per heavy atom. The molecule has 4 N–H and O–H groups in total.